The maximum Gasteiger partial charge on any atom is 0.338 e. The Morgan fingerprint density at radius 3 is 2.27 bits per heavy atom. The molecule has 1 aliphatic rings. The third-order valence-corrected chi connectivity index (χ3v) is 5.08. The minimum absolute atomic E-state index is 0.180. The van der Waals surface area contributed by atoms with Gasteiger partial charge in [0.05, 0.1) is 17.0 Å². The molecule has 6 nitrogen and oxygen atoms in total. The molecule has 0 saturated carbocycles. The van der Waals surface area contributed by atoms with Crippen LogP contribution >= 0.6 is 11.3 Å². The fourth-order valence-electron chi connectivity index (χ4n) is 2.60. The zero-order valence-electron chi connectivity index (χ0n) is 14.2. The maximum atomic E-state index is 12.1. The lowest BCUT2D eigenvalue weighted by atomic mass is 10.1. The van der Waals surface area contributed by atoms with E-state index in [1.165, 1.54) is 16.2 Å². The van der Waals surface area contributed by atoms with Gasteiger partial charge < -0.3 is 4.74 Å². The summed E-state index contributed by atoms with van der Waals surface area (Å²) in [6.45, 7) is 1.79. The molecule has 3 rings (SSSR count). The van der Waals surface area contributed by atoms with Gasteiger partial charge >= 0.3 is 5.97 Å². The number of imide groups is 1. The quantitative estimate of drug-likeness (QED) is 0.443. The fourth-order valence-corrected chi connectivity index (χ4v) is 3.39. The number of amides is 2. The average Bonchev–Trinajstić information content (AvgIpc) is 3.20. The van der Waals surface area contributed by atoms with E-state index in [0.717, 1.165) is 10.4 Å². The van der Waals surface area contributed by atoms with Crippen molar-refractivity contribution in [3.05, 3.63) is 57.3 Å². The first-order chi connectivity index (χ1) is 12.4. The monoisotopic (exact) mass is 371 g/mol. The van der Waals surface area contributed by atoms with E-state index in [1.54, 1.807) is 30.3 Å². The Balaban J connectivity index is 1.56. The highest BCUT2D eigenvalue weighted by molar-refractivity contribution is 7.14. The van der Waals surface area contributed by atoms with Gasteiger partial charge in [-0.2, -0.15) is 0 Å². The Labute approximate surface area is 154 Å². The molecule has 0 aliphatic carbocycles. The van der Waals surface area contributed by atoms with Crippen LogP contribution in [-0.2, 0) is 20.9 Å². The summed E-state index contributed by atoms with van der Waals surface area (Å²) in [7, 11) is 0. The number of thiophene rings is 1. The van der Waals surface area contributed by atoms with Crippen LogP contribution in [0.4, 0.5) is 0 Å². The van der Waals surface area contributed by atoms with Crippen LogP contribution in [0.15, 0.2) is 36.4 Å². The highest BCUT2D eigenvalue weighted by atomic mass is 32.1. The first-order valence-electron chi connectivity index (χ1n) is 8.13. The Morgan fingerprint density at radius 1 is 1.04 bits per heavy atom. The van der Waals surface area contributed by atoms with Crippen LogP contribution in [0.5, 0.6) is 0 Å². The molecule has 1 fully saturated rings. The SMILES string of the molecule is Cc1ccc(C(=O)COC(=O)c2ccc(CN3C(=O)CCC3=O)cc2)s1. The molecule has 7 heteroatoms. The molecule has 0 bridgehead atoms. The van der Waals surface area contributed by atoms with Gasteiger partial charge in [0.25, 0.3) is 0 Å². The zero-order chi connectivity index (χ0) is 18.7. The van der Waals surface area contributed by atoms with Crippen LogP contribution < -0.4 is 0 Å². The van der Waals surface area contributed by atoms with E-state index in [1.807, 2.05) is 13.0 Å². The molecule has 2 heterocycles. The normalized spacial score (nSPS) is 14.0. The highest BCUT2D eigenvalue weighted by Gasteiger charge is 2.28. The minimum Gasteiger partial charge on any atom is -0.454 e. The number of carbonyl (C=O) groups is 4. The smallest absolute Gasteiger partial charge is 0.338 e. The minimum atomic E-state index is -0.591. The van der Waals surface area contributed by atoms with Gasteiger partial charge in [-0.1, -0.05) is 12.1 Å². The number of hydrogen-bond acceptors (Lipinski definition) is 6. The van der Waals surface area contributed by atoms with Crippen LogP contribution in [-0.4, -0.2) is 35.1 Å². The van der Waals surface area contributed by atoms with Crippen molar-refractivity contribution in [1.29, 1.82) is 0 Å². The Morgan fingerprint density at radius 2 is 1.69 bits per heavy atom. The highest BCUT2D eigenvalue weighted by Crippen LogP contribution is 2.17. The number of benzene rings is 1. The Bertz CT molecular complexity index is 852. The summed E-state index contributed by atoms with van der Waals surface area (Å²) in [5.74, 6) is -1.19. The van der Waals surface area contributed by atoms with E-state index in [2.05, 4.69) is 0 Å². The van der Waals surface area contributed by atoms with Crippen molar-refractivity contribution in [3.8, 4) is 0 Å². The number of aryl methyl sites for hydroxylation is 1. The van der Waals surface area contributed by atoms with Gasteiger partial charge in [-0.25, -0.2) is 4.79 Å². The largest absolute Gasteiger partial charge is 0.454 e. The van der Waals surface area contributed by atoms with Crippen molar-refractivity contribution in [2.45, 2.75) is 26.3 Å². The first-order valence-corrected chi connectivity index (χ1v) is 8.94. The van der Waals surface area contributed by atoms with Crippen molar-refractivity contribution in [2.75, 3.05) is 6.61 Å². The second-order valence-electron chi connectivity index (χ2n) is 5.98. The number of esters is 1. The summed E-state index contributed by atoms with van der Waals surface area (Å²) in [6, 6.07) is 10.0. The number of carbonyl (C=O) groups excluding carboxylic acids is 4. The van der Waals surface area contributed by atoms with Gasteiger partial charge in [0.2, 0.25) is 17.6 Å². The summed E-state index contributed by atoms with van der Waals surface area (Å²) in [5, 5.41) is 0. The predicted octanol–water partition coefficient (Wildman–Crippen LogP) is 2.75. The van der Waals surface area contributed by atoms with E-state index in [4.69, 9.17) is 4.74 Å². The second kappa shape index (κ2) is 7.61. The maximum absolute atomic E-state index is 12.1. The van der Waals surface area contributed by atoms with Gasteiger partial charge in [-0.05, 0) is 36.8 Å². The number of ether oxygens (including phenoxy) is 1. The lowest BCUT2D eigenvalue weighted by Gasteiger charge is -2.13. The fraction of sp³-hybridized carbons (Fsp3) is 0.263. The van der Waals surface area contributed by atoms with Gasteiger partial charge in [0, 0.05) is 17.7 Å². The molecule has 2 amide bonds. The molecule has 1 aromatic heterocycles. The Kier molecular flexibility index (Phi) is 5.27. The molecule has 0 radical (unpaired) electrons. The van der Waals surface area contributed by atoms with Crippen LogP contribution in [0, 0.1) is 6.92 Å². The topological polar surface area (TPSA) is 80.8 Å². The summed E-state index contributed by atoms with van der Waals surface area (Å²) in [4.78, 5) is 50.1. The summed E-state index contributed by atoms with van der Waals surface area (Å²) in [6.07, 6.45) is 0.502. The second-order valence-corrected chi connectivity index (χ2v) is 7.27. The molecule has 0 unspecified atom stereocenters. The molecular weight excluding hydrogens is 354 g/mol. The third-order valence-electron chi connectivity index (χ3n) is 4.03. The van der Waals surface area contributed by atoms with Crippen LogP contribution in [0.1, 0.15) is 43.3 Å². The lowest BCUT2D eigenvalue weighted by Crippen LogP contribution is -2.28. The lowest BCUT2D eigenvalue weighted by molar-refractivity contribution is -0.139. The predicted molar refractivity (Wildman–Crippen MR) is 94.9 cm³/mol. The van der Waals surface area contributed by atoms with Crippen molar-refractivity contribution < 1.29 is 23.9 Å². The molecule has 1 saturated heterocycles. The van der Waals surface area contributed by atoms with Crippen molar-refractivity contribution in [3.63, 3.8) is 0 Å². The van der Waals surface area contributed by atoms with Crippen molar-refractivity contribution in [2.24, 2.45) is 0 Å². The molecule has 0 atom stereocenters. The molecular formula is C19H17NO5S. The van der Waals surface area contributed by atoms with Gasteiger partial charge in [0.15, 0.2) is 6.61 Å². The average molecular weight is 371 g/mol. The van der Waals surface area contributed by atoms with E-state index in [-0.39, 0.29) is 43.6 Å². The molecule has 0 spiro atoms. The molecule has 1 aliphatic heterocycles. The first kappa shape index (κ1) is 18.0. The third kappa shape index (κ3) is 4.05. The molecule has 0 N–H and O–H groups in total. The number of hydrogen-bond donors (Lipinski definition) is 0. The number of nitrogens with zero attached hydrogens (tertiary/aromatic N) is 1. The van der Waals surface area contributed by atoms with Gasteiger partial charge in [0.1, 0.15) is 0 Å². The van der Waals surface area contributed by atoms with E-state index in [9.17, 15) is 19.2 Å². The Hall–Kier alpha value is -2.80. The molecule has 134 valence electrons. The summed E-state index contributed by atoms with van der Waals surface area (Å²) < 4.78 is 5.06. The summed E-state index contributed by atoms with van der Waals surface area (Å²) in [5.41, 5.74) is 1.05. The van der Waals surface area contributed by atoms with Crippen LogP contribution in [0.3, 0.4) is 0 Å². The zero-order valence-corrected chi connectivity index (χ0v) is 15.0. The summed E-state index contributed by atoms with van der Waals surface area (Å²) >= 11 is 1.36. The van der Waals surface area contributed by atoms with E-state index >= 15 is 0 Å². The number of likely N-dealkylation sites (tertiary alicyclic amines) is 1. The number of Topliss-reactive ketones (excluding diaryl/α,β-unsaturated/α-hetero) is 1. The number of rotatable bonds is 6. The van der Waals surface area contributed by atoms with Crippen molar-refractivity contribution in [1.82, 2.24) is 4.90 Å². The van der Waals surface area contributed by atoms with E-state index in [0.29, 0.717) is 10.4 Å². The van der Waals surface area contributed by atoms with Crippen LogP contribution in [0.2, 0.25) is 0 Å². The molecule has 1 aromatic carbocycles. The molecule has 2 aromatic rings. The number of ketones is 1. The van der Waals surface area contributed by atoms with Gasteiger partial charge in [-0.15, -0.1) is 11.3 Å². The van der Waals surface area contributed by atoms with Crippen LogP contribution in [0.25, 0.3) is 0 Å². The van der Waals surface area contributed by atoms with Gasteiger partial charge in [-0.3, -0.25) is 19.3 Å². The van der Waals surface area contributed by atoms with E-state index < -0.39 is 5.97 Å². The van der Waals surface area contributed by atoms with Crippen molar-refractivity contribution >= 4 is 34.9 Å². The molecule has 26 heavy (non-hydrogen) atoms. The standard InChI is InChI=1S/C19H17NO5S/c1-12-2-7-16(26-12)15(21)11-25-19(24)14-5-3-13(4-6-14)10-20-17(22)8-9-18(20)23/h2-7H,8-11H2,1H3.